The first-order valence-electron chi connectivity index (χ1n) is 4.61. The van der Waals surface area contributed by atoms with Gasteiger partial charge in [0.15, 0.2) is 5.43 Å². The predicted molar refractivity (Wildman–Crippen MR) is 60.5 cm³/mol. The van der Waals surface area contributed by atoms with Gasteiger partial charge in [0.25, 0.3) is 0 Å². The maximum atomic E-state index is 11.5. The maximum Gasteiger partial charge on any atom is 0.189 e. The van der Waals surface area contributed by atoms with E-state index in [1.54, 1.807) is 12.3 Å². The Hall–Kier alpha value is -2.05. The Morgan fingerprint density at radius 2 is 2.20 bits per heavy atom. The highest BCUT2D eigenvalue weighted by Crippen LogP contribution is 2.08. The van der Waals surface area contributed by atoms with Crippen LogP contribution in [0.4, 0.5) is 0 Å². The van der Waals surface area contributed by atoms with Crippen LogP contribution in [0.5, 0.6) is 0 Å². The van der Waals surface area contributed by atoms with Crippen molar-refractivity contribution in [2.75, 3.05) is 6.54 Å². The molecule has 0 aliphatic rings. The fourth-order valence-corrected chi connectivity index (χ4v) is 1.40. The van der Waals surface area contributed by atoms with Crippen LogP contribution in [-0.2, 0) is 0 Å². The summed E-state index contributed by atoms with van der Waals surface area (Å²) in [5.74, 6) is 5.65. The Kier molecular flexibility index (Phi) is 2.53. The largest absolute Gasteiger partial charge is 0.361 e. The van der Waals surface area contributed by atoms with E-state index in [4.69, 9.17) is 5.73 Å². The summed E-state index contributed by atoms with van der Waals surface area (Å²) in [6, 6.07) is 6.98. The Morgan fingerprint density at radius 3 is 3.00 bits per heavy atom. The van der Waals surface area contributed by atoms with E-state index in [2.05, 4.69) is 16.8 Å². The predicted octanol–water partition coefficient (Wildman–Crippen LogP) is 0.838. The summed E-state index contributed by atoms with van der Waals surface area (Å²) in [4.78, 5) is 14.5. The first kappa shape index (κ1) is 9.50. The van der Waals surface area contributed by atoms with Crippen molar-refractivity contribution in [1.82, 2.24) is 4.98 Å². The van der Waals surface area contributed by atoms with Gasteiger partial charge in [0.05, 0.1) is 6.54 Å². The van der Waals surface area contributed by atoms with Crippen molar-refractivity contribution < 1.29 is 0 Å². The van der Waals surface area contributed by atoms with Gasteiger partial charge in [-0.05, 0) is 18.2 Å². The molecule has 2 aromatic rings. The Morgan fingerprint density at radius 1 is 1.33 bits per heavy atom. The Balaban J connectivity index is 2.65. The fraction of sp³-hybridized carbons (Fsp3) is 0.0833. The summed E-state index contributed by atoms with van der Waals surface area (Å²) >= 11 is 0. The van der Waals surface area contributed by atoms with Crippen LogP contribution in [0.1, 0.15) is 5.56 Å². The van der Waals surface area contributed by atoms with Gasteiger partial charge in [-0.25, -0.2) is 0 Å². The maximum absolute atomic E-state index is 11.5. The van der Waals surface area contributed by atoms with Crippen molar-refractivity contribution >= 4 is 10.9 Å². The number of hydrogen-bond donors (Lipinski definition) is 2. The number of fused-ring (bicyclic) bond motifs is 1. The molecule has 0 aliphatic carbocycles. The van der Waals surface area contributed by atoms with Crippen LogP contribution in [0.15, 0.2) is 35.3 Å². The molecule has 3 heteroatoms. The fourth-order valence-electron chi connectivity index (χ4n) is 1.40. The number of nitrogens with one attached hydrogen (secondary N) is 1. The number of benzene rings is 1. The van der Waals surface area contributed by atoms with Crippen LogP contribution in [0.3, 0.4) is 0 Å². The second-order valence-corrected chi connectivity index (χ2v) is 3.11. The summed E-state index contributed by atoms with van der Waals surface area (Å²) in [6.45, 7) is 0.323. The van der Waals surface area contributed by atoms with E-state index in [0.717, 1.165) is 11.1 Å². The molecular weight excluding hydrogens is 188 g/mol. The SMILES string of the molecule is NCC#Cc1ccc2[nH]ccc(=O)c2c1. The minimum Gasteiger partial charge on any atom is -0.361 e. The molecule has 0 unspecified atom stereocenters. The number of nitrogens with two attached hydrogens (primary N) is 1. The number of hydrogen-bond acceptors (Lipinski definition) is 2. The van der Waals surface area contributed by atoms with Crippen molar-refractivity contribution in [3.8, 4) is 11.8 Å². The lowest BCUT2D eigenvalue weighted by molar-refractivity contribution is 1.30. The van der Waals surface area contributed by atoms with E-state index >= 15 is 0 Å². The third kappa shape index (κ3) is 1.90. The molecule has 1 heterocycles. The molecule has 0 saturated carbocycles. The van der Waals surface area contributed by atoms with Gasteiger partial charge in [-0.2, -0.15) is 0 Å². The Labute approximate surface area is 86.9 Å². The number of rotatable bonds is 0. The van der Waals surface area contributed by atoms with Gasteiger partial charge in [-0.15, -0.1) is 0 Å². The lowest BCUT2D eigenvalue weighted by atomic mass is 10.1. The zero-order valence-electron chi connectivity index (χ0n) is 8.08. The molecule has 0 saturated heterocycles. The molecule has 0 atom stereocenters. The third-order valence-electron chi connectivity index (χ3n) is 2.09. The van der Waals surface area contributed by atoms with E-state index < -0.39 is 0 Å². The minimum absolute atomic E-state index is 0.000137. The molecule has 1 aromatic heterocycles. The average molecular weight is 198 g/mol. The molecule has 0 aliphatic heterocycles. The first-order valence-corrected chi connectivity index (χ1v) is 4.61. The third-order valence-corrected chi connectivity index (χ3v) is 2.09. The van der Waals surface area contributed by atoms with Crippen molar-refractivity contribution in [1.29, 1.82) is 0 Å². The molecule has 15 heavy (non-hydrogen) atoms. The normalized spacial score (nSPS) is 9.67. The van der Waals surface area contributed by atoms with Gasteiger partial charge < -0.3 is 10.7 Å². The van der Waals surface area contributed by atoms with Crippen molar-refractivity contribution in [3.63, 3.8) is 0 Å². The van der Waals surface area contributed by atoms with Gasteiger partial charge in [-0.3, -0.25) is 4.79 Å². The van der Waals surface area contributed by atoms with Crippen molar-refractivity contribution in [2.45, 2.75) is 0 Å². The quantitative estimate of drug-likeness (QED) is 0.616. The lowest BCUT2D eigenvalue weighted by Gasteiger charge is -1.96. The van der Waals surface area contributed by atoms with Crippen LogP contribution < -0.4 is 11.2 Å². The average Bonchev–Trinajstić information content (AvgIpc) is 2.27. The van der Waals surface area contributed by atoms with E-state index in [0.29, 0.717) is 11.9 Å². The van der Waals surface area contributed by atoms with Crippen LogP contribution in [0.25, 0.3) is 10.9 Å². The molecule has 0 radical (unpaired) electrons. The van der Waals surface area contributed by atoms with Crippen LogP contribution >= 0.6 is 0 Å². The molecule has 2 rings (SSSR count). The number of pyridine rings is 1. The van der Waals surface area contributed by atoms with E-state index in [1.807, 2.05) is 12.1 Å². The van der Waals surface area contributed by atoms with Gasteiger partial charge in [0.1, 0.15) is 0 Å². The van der Waals surface area contributed by atoms with E-state index in [1.165, 1.54) is 6.07 Å². The molecule has 0 bridgehead atoms. The van der Waals surface area contributed by atoms with Crippen LogP contribution in [0.2, 0.25) is 0 Å². The van der Waals surface area contributed by atoms with Crippen LogP contribution in [-0.4, -0.2) is 11.5 Å². The highest BCUT2D eigenvalue weighted by Gasteiger charge is 1.97. The molecule has 1 aromatic carbocycles. The zero-order valence-corrected chi connectivity index (χ0v) is 8.08. The van der Waals surface area contributed by atoms with Crippen LogP contribution in [0, 0.1) is 11.8 Å². The summed E-state index contributed by atoms with van der Waals surface area (Å²) in [5, 5.41) is 0.654. The molecule has 0 spiro atoms. The van der Waals surface area contributed by atoms with E-state index in [-0.39, 0.29) is 5.43 Å². The second-order valence-electron chi connectivity index (χ2n) is 3.11. The molecule has 74 valence electrons. The zero-order chi connectivity index (χ0) is 10.7. The monoisotopic (exact) mass is 198 g/mol. The smallest absolute Gasteiger partial charge is 0.189 e. The van der Waals surface area contributed by atoms with Crippen molar-refractivity contribution in [2.24, 2.45) is 5.73 Å². The van der Waals surface area contributed by atoms with Gasteiger partial charge in [0, 0.05) is 28.7 Å². The molecule has 3 N–H and O–H groups in total. The van der Waals surface area contributed by atoms with Crippen molar-refractivity contribution in [3.05, 3.63) is 46.2 Å². The minimum atomic E-state index is 0.000137. The topological polar surface area (TPSA) is 58.9 Å². The second kappa shape index (κ2) is 3.99. The summed E-state index contributed by atoms with van der Waals surface area (Å²) in [7, 11) is 0. The standard InChI is InChI=1S/C12H10N2O/c13-6-1-2-9-3-4-11-10(8-9)12(15)5-7-14-11/h3-5,7-8H,6,13H2,(H,14,15). The lowest BCUT2D eigenvalue weighted by Crippen LogP contribution is -2.00. The summed E-state index contributed by atoms with van der Waals surface area (Å²) < 4.78 is 0. The molecule has 3 nitrogen and oxygen atoms in total. The highest BCUT2D eigenvalue weighted by molar-refractivity contribution is 5.79. The van der Waals surface area contributed by atoms with Gasteiger partial charge >= 0.3 is 0 Å². The summed E-state index contributed by atoms with van der Waals surface area (Å²) in [5.41, 5.74) is 6.91. The molecular formula is C12H10N2O. The van der Waals surface area contributed by atoms with E-state index in [9.17, 15) is 4.79 Å². The van der Waals surface area contributed by atoms with Gasteiger partial charge in [0.2, 0.25) is 0 Å². The number of H-pyrrole nitrogens is 1. The number of aromatic nitrogens is 1. The molecule has 0 amide bonds. The summed E-state index contributed by atoms with van der Waals surface area (Å²) in [6.07, 6.45) is 1.63. The number of aromatic amines is 1. The molecule has 0 fully saturated rings. The Bertz CT molecular complexity index is 602. The first-order chi connectivity index (χ1) is 7.31. The highest BCUT2D eigenvalue weighted by atomic mass is 16.1. The van der Waals surface area contributed by atoms with Gasteiger partial charge in [-0.1, -0.05) is 11.8 Å².